The third kappa shape index (κ3) is 1.68. The highest BCUT2D eigenvalue weighted by Gasteiger charge is 2.04. The molecule has 0 amide bonds. The Balaban J connectivity index is 2.13. The summed E-state index contributed by atoms with van der Waals surface area (Å²) in [6.45, 7) is 0. The van der Waals surface area contributed by atoms with Crippen molar-refractivity contribution in [2.24, 2.45) is 0 Å². The van der Waals surface area contributed by atoms with Crippen LogP contribution in [0.25, 0.3) is 22.0 Å². The van der Waals surface area contributed by atoms with Crippen LogP contribution in [0.15, 0.2) is 54.7 Å². The first-order valence-electron chi connectivity index (χ1n) is 5.73. The van der Waals surface area contributed by atoms with Gasteiger partial charge in [0.25, 0.3) is 0 Å². The maximum absolute atomic E-state index is 3.30. The highest BCUT2D eigenvalue weighted by Crippen LogP contribution is 2.28. The summed E-state index contributed by atoms with van der Waals surface area (Å²) in [5.41, 5.74) is 4.80. The van der Waals surface area contributed by atoms with Crippen molar-refractivity contribution < 1.29 is 0 Å². The van der Waals surface area contributed by atoms with Gasteiger partial charge in [-0.1, -0.05) is 30.3 Å². The Kier molecular flexibility index (Phi) is 2.33. The topological polar surface area (TPSA) is 27.8 Å². The van der Waals surface area contributed by atoms with Crippen LogP contribution >= 0.6 is 0 Å². The highest BCUT2D eigenvalue weighted by molar-refractivity contribution is 5.95. The molecule has 0 saturated heterocycles. The van der Waals surface area contributed by atoms with Crippen LogP contribution in [0.2, 0.25) is 0 Å². The predicted octanol–water partition coefficient (Wildman–Crippen LogP) is 3.88. The van der Waals surface area contributed by atoms with Gasteiger partial charge in [-0.05, 0) is 23.8 Å². The molecule has 0 saturated carbocycles. The Morgan fingerprint density at radius 1 is 0.941 bits per heavy atom. The van der Waals surface area contributed by atoms with Gasteiger partial charge >= 0.3 is 0 Å². The number of para-hydroxylation sites is 1. The van der Waals surface area contributed by atoms with Crippen LogP contribution in [0.4, 0.5) is 5.69 Å². The molecule has 2 N–H and O–H groups in total. The molecule has 1 heterocycles. The molecule has 3 aromatic rings. The Labute approximate surface area is 100 Å². The normalized spacial score (nSPS) is 10.6. The van der Waals surface area contributed by atoms with Crippen molar-refractivity contribution in [2.75, 3.05) is 12.4 Å². The monoisotopic (exact) mass is 222 g/mol. The second kappa shape index (κ2) is 3.98. The lowest BCUT2D eigenvalue weighted by molar-refractivity contribution is 1.47. The maximum Gasteiger partial charge on any atom is 0.0460 e. The summed E-state index contributed by atoms with van der Waals surface area (Å²) in [7, 11) is 1.93. The van der Waals surface area contributed by atoms with E-state index in [2.05, 4.69) is 59.0 Å². The quantitative estimate of drug-likeness (QED) is 0.676. The summed E-state index contributed by atoms with van der Waals surface area (Å²) in [5, 5.41) is 4.40. The third-order valence-electron chi connectivity index (χ3n) is 3.07. The number of aromatic amines is 1. The minimum absolute atomic E-state index is 1.13. The SMILES string of the molecule is CNc1ccc(-c2c[nH]c3ccccc23)cc1. The molecule has 3 rings (SSSR count). The lowest BCUT2D eigenvalue weighted by Crippen LogP contribution is -1.86. The second-order valence-corrected chi connectivity index (χ2v) is 4.08. The first-order valence-corrected chi connectivity index (χ1v) is 5.73. The molecule has 0 radical (unpaired) electrons. The molecule has 0 bridgehead atoms. The number of anilines is 1. The fourth-order valence-electron chi connectivity index (χ4n) is 2.13. The largest absolute Gasteiger partial charge is 0.388 e. The molecule has 0 aliphatic rings. The van der Waals surface area contributed by atoms with E-state index in [0.29, 0.717) is 0 Å². The molecule has 2 heteroatoms. The number of hydrogen-bond acceptors (Lipinski definition) is 1. The van der Waals surface area contributed by atoms with Crippen molar-refractivity contribution in [1.82, 2.24) is 4.98 Å². The Morgan fingerprint density at radius 3 is 2.47 bits per heavy atom. The molecular formula is C15H14N2. The van der Waals surface area contributed by atoms with E-state index in [4.69, 9.17) is 0 Å². The lowest BCUT2D eigenvalue weighted by atomic mass is 10.0. The van der Waals surface area contributed by atoms with E-state index < -0.39 is 0 Å². The fourth-order valence-corrected chi connectivity index (χ4v) is 2.13. The predicted molar refractivity (Wildman–Crippen MR) is 73.3 cm³/mol. The van der Waals surface area contributed by atoms with Crippen molar-refractivity contribution >= 4 is 16.6 Å². The maximum atomic E-state index is 3.30. The van der Waals surface area contributed by atoms with Crippen molar-refractivity contribution in [3.63, 3.8) is 0 Å². The zero-order chi connectivity index (χ0) is 11.7. The van der Waals surface area contributed by atoms with Gasteiger partial charge in [-0.3, -0.25) is 0 Å². The summed E-state index contributed by atoms with van der Waals surface area (Å²) in [5.74, 6) is 0. The van der Waals surface area contributed by atoms with Gasteiger partial charge in [-0.2, -0.15) is 0 Å². The molecule has 1 aromatic heterocycles. The smallest absolute Gasteiger partial charge is 0.0460 e. The first-order chi connectivity index (χ1) is 8.38. The number of H-pyrrole nitrogens is 1. The van der Waals surface area contributed by atoms with Crippen molar-refractivity contribution in [3.8, 4) is 11.1 Å². The van der Waals surface area contributed by atoms with Crippen LogP contribution in [0.3, 0.4) is 0 Å². The highest BCUT2D eigenvalue weighted by atomic mass is 14.8. The molecule has 2 aromatic carbocycles. The molecule has 0 aliphatic carbocycles. The third-order valence-corrected chi connectivity index (χ3v) is 3.07. The summed E-state index contributed by atoms with van der Waals surface area (Å²) in [4.78, 5) is 3.30. The lowest BCUT2D eigenvalue weighted by Gasteiger charge is -2.02. The minimum Gasteiger partial charge on any atom is -0.388 e. The minimum atomic E-state index is 1.13. The second-order valence-electron chi connectivity index (χ2n) is 4.08. The zero-order valence-corrected chi connectivity index (χ0v) is 9.70. The summed E-state index contributed by atoms with van der Waals surface area (Å²) in [6.07, 6.45) is 2.07. The number of fused-ring (bicyclic) bond motifs is 1. The average molecular weight is 222 g/mol. The molecule has 0 fully saturated rings. The summed E-state index contributed by atoms with van der Waals surface area (Å²) in [6, 6.07) is 16.8. The van der Waals surface area contributed by atoms with E-state index in [1.807, 2.05) is 13.1 Å². The molecule has 0 spiro atoms. The van der Waals surface area contributed by atoms with Gasteiger partial charge in [0.2, 0.25) is 0 Å². The molecule has 2 nitrogen and oxygen atoms in total. The van der Waals surface area contributed by atoms with Crippen molar-refractivity contribution in [3.05, 3.63) is 54.7 Å². The van der Waals surface area contributed by atoms with Crippen molar-refractivity contribution in [2.45, 2.75) is 0 Å². The number of aromatic nitrogens is 1. The van der Waals surface area contributed by atoms with Crippen LogP contribution in [0.5, 0.6) is 0 Å². The molecule has 0 atom stereocenters. The summed E-state index contributed by atoms with van der Waals surface area (Å²) < 4.78 is 0. The molecule has 17 heavy (non-hydrogen) atoms. The van der Waals surface area contributed by atoms with Crippen molar-refractivity contribution in [1.29, 1.82) is 0 Å². The van der Waals surface area contributed by atoms with Crippen LogP contribution in [0, 0.1) is 0 Å². The summed E-state index contributed by atoms with van der Waals surface area (Å²) >= 11 is 0. The van der Waals surface area contributed by atoms with Crippen LogP contribution in [0.1, 0.15) is 0 Å². The fraction of sp³-hybridized carbons (Fsp3) is 0.0667. The van der Waals surface area contributed by atoms with Gasteiger partial charge in [0, 0.05) is 35.4 Å². The molecule has 0 unspecified atom stereocenters. The Hall–Kier alpha value is -2.22. The number of rotatable bonds is 2. The first kappa shape index (κ1) is 9.97. The number of hydrogen-bond donors (Lipinski definition) is 2. The molecule has 84 valence electrons. The van der Waals surface area contributed by atoms with Gasteiger partial charge < -0.3 is 10.3 Å². The van der Waals surface area contributed by atoms with E-state index >= 15 is 0 Å². The Bertz CT molecular complexity index is 635. The standard InChI is InChI=1S/C15H14N2/c1-16-12-8-6-11(7-9-12)14-10-17-15-5-3-2-4-13(14)15/h2-10,16-17H,1H3. The van der Waals surface area contributed by atoms with E-state index in [-0.39, 0.29) is 0 Å². The van der Waals surface area contributed by atoms with Gasteiger partial charge in [0.05, 0.1) is 0 Å². The van der Waals surface area contributed by atoms with Gasteiger partial charge in [-0.25, -0.2) is 0 Å². The van der Waals surface area contributed by atoms with E-state index in [9.17, 15) is 0 Å². The van der Waals surface area contributed by atoms with Gasteiger partial charge in [0.15, 0.2) is 0 Å². The molecule has 0 aliphatic heterocycles. The number of nitrogens with one attached hydrogen (secondary N) is 2. The molecular weight excluding hydrogens is 208 g/mol. The van der Waals surface area contributed by atoms with Crippen LogP contribution in [-0.4, -0.2) is 12.0 Å². The zero-order valence-electron chi connectivity index (χ0n) is 9.70. The van der Waals surface area contributed by atoms with Crippen LogP contribution in [-0.2, 0) is 0 Å². The van der Waals surface area contributed by atoms with Crippen LogP contribution < -0.4 is 5.32 Å². The van der Waals surface area contributed by atoms with Gasteiger partial charge in [-0.15, -0.1) is 0 Å². The Morgan fingerprint density at radius 2 is 1.71 bits per heavy atom. The van der Waals surface area contributed by atoms with E-state index in [1.165, 1.54) is 22.0 Å². The average Bonchev–Trinajstić information content (AvgIpc) is 2.83. The van der Waals surface area contributed by atoms with E-state index in [1.54, 1.807) is 0 Å². The van der Waals surface area contributed by atoms with Gasteiger partial charge in [0.1, 0.15) is 0 Å². The number of benzene rings is 2. The van der Waals surface area contributed by atoms with E-state index in [0.717, 1.165) is 5.69 Å².